The summed E-state index contributed by atoms with van der Waals surface area (Å²) in [6.07, 6.45) is 1.99. The van der Waals surface area contributed by atoms with Crippen molar-refractivity contribution in [3.63, 3.8) is 0 Å². The second-order valence-electron chi connectivity index (χ2n) is 5.02. The number of carboxylic acid groups (broad SMARTS) is 1. The van der Waals surface area contributed by atoms with E-state index in [9.17, 15) is 14.4 Å². The lowest BCUT2D eigenvalue weighted by atomic mass is 10.1. The topological polar surface area (TPSA) is 108 Å². The zero-order chi connectivity index (χ0) is 15.8. The quantitative estimate of drug-likeness (QED) is 0.629. The number of carbonyl (C=O) groups excluding carboxylic acids is 2. The van der Waals surface area contributed by atoms with Crippen molar-refractivity contribution in [2.24, 2.45) is 0 Å². The molecule has 1 aliphatic rings. The van der Waals surface area contributed by atoms with Crippen LogP contribution in [0, 0.1) is 0 Å². The predicted octanol–water partition coefficient (Wildman–Crippen LogP) is -0.214. The fourth-order valence-electron chi connectivity index (χ4n) is 2.15. The average molecular weight is 301 g/mol. The van der Waals surface area contributed by atoms with Gasteiger partial charge in [0, 0.05) is 20.2 Å². The minimum absolute atomic E-state index is 0.119. The standard InChI is InChI=1S/C13H23N3O5/c1-9(11(17)16-6-4-3-5-7-16)15-13(20)14-8-10(21-2)12(18)19/h9-10H,3-8H2,1-2H3,(H,18,19)(H2,14,15,20). The fraction of sp³-hybridized carbons (Fsp3) is 0.769. The molecular weight excluding hydrogens is 278 g/mol. The highest BCUT2D eigenvalue weighted by atomic mass is 16.5. The number of ether oxygens (including phenoxy) is 1. The maximum atomic E-state index is 12.1. The van der Waals surface area contributed by atoms with E-state index in [1.165, 1.54) is 7.11 Å². The number of aliphatic carboxylic acids is 1. The molecule has 1 fully saturated rings. The third-order valence-electron chi connectivity index (χ3n) is 3.39. The van der Waals surface area contributed by atoms with Crippen LogP contribution < -0.4 is 10.6 Å². The number of amides is 3. The van der Waals surface area contributed by atoms with Gasteiger partial charge in [-0.3, -0.25) is 4.79 Å². The number of nitrogens with one attached hydrogen (secondary N) is 2. The molecule has 0 aliphatic carbocycles. The molecule has 0 saturated carbocycles. The number of urea groups is 1. The first-order valence-electron chi connectivity index (χ1n) is 7.04. The van der Waals surface area contributed by atoms with Gasteiger partial charge in [0.1, 0.15) is 6.04 Å². The van der Waals surface area contributed by atoms with Crippen LogP contribution in [0.5, 0.6) is 0 Å². The summed E-state index contributed by atoms with van der Waals surface area (Å²) in [5, 5.41) is 13.7. The Labute approximate surface area is 123 Å². The van der Waals surface area contributed by atoms with Crippen molar-refractivity contribution < 1.29 is 24.2 Å². The minimum atomic E-state index is -1.16. The van der Waals surface area contributed by atoms with E-state index in [2.05, 4.69) is 10.6 Å². The Bertz CT molecular complexity index is 382. The summed E-state index contributed by atoms with van der Waals surface area (Å²) < 4.78 is 4.69. The number of methoxy groups -OCH3 is 1. The first kappa shape index (κ1) is 17.2. The molecule has 120 valence electrons. The van der Waals surface area contributed by atoms with Gasteiger partial charge in [-0.2, -0.15) is 0 Å². The maximum Gasteiger partial charge on any atom is 0.334 e. The summed E-state index contributed by atoms with van der Waals surface area (Å²) in [6, 6.07) is -1.23. The van der Waals surface area contributed by atoms with Crippen molar-refractivity contribution in [3.8, 4) is 0 Å². The van der Waals surface area contributed by atoms with E-state index in [-0.39, 0.29) is 12.5 Å². The zero-order valence-corrected chi connectivity index (χ0v) is 12.4. The van der Waals surface area contributed by atoms with E-state index in [4.69, 9.17) is 9.84 Å². The molecule has 1 aliphatic heterocycles. The van der Waals surface area contributed by atoms with Crippen molar-refractivity contribution in [1.29, 1.82) is 0 Å². The van der Waals surface area contributed by atoms with E-state index >= 15 is 0 Å². The lowest BCUT2D eigenvalue weighted by Gasteiger charge is -2.29. The monoisotopic (exact) mass is 301 g/mol. The normalized spacial score (nSPS) is 17.7. The minimum Gasteiger partial charge on any atom is -0.479 e. The third kappa shape index (κ3) is 5.58. The number of hydrogen-bond donors (Lipinski definition) is 3. The van der Waals surface area contributed by atoms with Crippen LogP contribution in [-0.2, 0) is 14.3 Å². The van der Waals surface area contributed by atoms with Crippen LogP contribution in [-0.4, -0.2) is 66.8 Å². The summed E-state index contributed by atoms with van der Waals surface area (Å²) in [6.45, 7) is 2.89. The summed E-state index contributed by atoms with van der Waals surface area (Å²) in [7, 11) is 1.25. The molecular formula is C13H23N3O5. The molecule has 0 aromatic rings. The van der Waals surface area contributed by atoms with Gasteiger partial charge in [-0.1, -0.05) is 0 Å². The lowest BCUT2D eigenvalue weighted by molar-refractivity contribution is -0.148. The Morgan fingerprint density at radius 3 is 2.38 bits per heavy atom. The van der Waals surface area contributed by atoms with Gasteiger partial charge in [-0.15, -0.1) is 0 Å². The van der Waals surface area contributed by atoms with Crippen LogP contribution in [0.4, 0.5) is 4.79 Å². The van der Waals surface area contributed by atoms with Crippen LogP contribution in [0.15, 0.2) is 0 Å². The summed E-state index contributed by atoms with van der Waals surface area (Å²) in [5.74, 6) is -1.28. The van der Waals surface area contributed by atoms with Crippen LogP contribution in [0.3, 0.4) is 0 Å². The van der Waals surface area contributed by atoms with Gasteiger partial charge in [-0.05, 0) is 26.2 Å². The van der Waals surface area contributed by atoms with Crippen LogP contribution in [0.25, 0.3) is 0 Å². The number of rotatable bonds is 6. The number of hydrogen-bond acceptors (Lipinski definition) is 4. The first-order chi connectivity index (χ1) is 9.95. The Balaban J connectivity index is 2.35. The maximum absolute atomic E-state index is 12.1. The van der Waals surface area contributed by atoms with Crippen molar-refractivity contribution in [2.45, 2.75) is 38.3 Å². The Morgan fingerprint density at radius 1 is 1.24 bits per heavy atom. The number of nitrogens with zero attached hydrogens (tertiary/aromatic N) is 1. The van der Waals surface area contributed by atoms with Gasteiger partial charge in [0.05, 0.1) is 6.54 Å². The summed E-state index contributed by atoms with van der Waals surface area (Å²) >= 11 is 0. The van der Waals surface area contributed by atoms with E-state index < -0.39 is 24.1 Å². The number of likely N-dealkylation sites (tertiary alicyclic amines) is 1. The zero-order valence-electron chi connectivity index (χ0n) is 12.4. The smallest absolute Gasteiger partial charge is 0.334 e. The second-order valence-corrected chi connectivity index (χ2v) is 5.02. The van der Waals surface area contributed by atoms with E-state index in [1.807, 2.05) is 0 Å². The molecule has 3 N–H and O–H groups in total. The van der Waals surface area contributed by atoms with Gasteiger partial charge in [-0.25, -0.2) is 9.59 Å². The molecule has 3 amide bonds. The lowest BCUT2D eigenvalue weighted by Crippen LogP contribution is -2.52. The number of piperidine rings is 1. The molecule has 0 aromatic carbocycles. The Morgan fingerprint density at radius 2 is 1.86 bits per heavy atom. The van der Waals surface area contributed by atoms with Crippen LogP contribution in [0.1, 0.15) is 26.2 Å². The predicted molar refractivity (Wildman–Crippen MR) is 74.9 cm³/mol. The Kier molecular flexibility index (Phi) is 6.93. The highest BCUT2D eigenvalue weighted by Crippen LogP contribution is 2.09. The summed E-state index contributed by atoms with van der Waals surface area (Å²) in [5.41, 5.74) is 0. The van der Waals surface area contributed by atoms with Crippen molar-refractivity contribution in [1.82, 2.24) is 15.5 Å². The number of carboxylic acids is 1. The molecule has 8 nitrogen and oxygen atoms in total. The molecule has 0 radical (unpaired) electrons. The molecule has 1 heterocycles. The fourth-order valence-corrected chi connectivity index (χ4v) is 2.15. The molecule has 0 bridgehead atoms. The SMILES string of the molecule is COC(CNC(=O)NC(C)C(=O)N1CCCCC1)C(=O)O. The second kappa shape index (κ2) is 8.46. The van der Waals surface area contributed by atoms with E-state index in [0.717, 1.165) is 32.4 Å². The molecule has 2 unspecified atom stereocenters. The van der Waals surface area contributed by atoms with Gasteiger partial charge >= 0.3 is 12.0 Å². The molecule has 0 aromatic heterocycles. The van der Waals surface area contributed by atoms with E-state index in [1.54, 1.807) is 11.8 Å². The number of carbonyl (C=O) groups is 3. The molecule has 1 rings (SSSR count). The van der Waals surface area contributed by atoms with Crippen LogP contribution >= 0.6 is 0 Å². The Hall–Kier alpha value is -1.83. The largest absolute Gasteiger partial charge is 0.479 e. The van der Waals surface area contributed by atoms with Gasteiger partial charge in [0.15, 0.2) is 6.10 Å². The molecule has 2 atom stereocenters. The van der Waals surface area contributed by atoms with E-state index in [0.29, 0.717) is 0 Å². The van der Waals surface area contributed by atoms with Gasteiger partial charge < -0.3 is 25.4 Å². The van der Waals surface area contributed by atoms with Gasteiger partial charge in [0.25, 0.3) is 0 Å². The van der Waals surface area contributed by atoms with Crippen molar-refractivity contribution >= 4 is 17.9 Å². The van der Waals surface area contributed by atoms with Crippen LogP contribution in [0.2, 0.25) is 0 Å². The highest BCUT2D eigenvalue weighted by molar-refractivity contribution is 5.87. The van der Waals surface area contributed by atoms with Crippen molar-refractivity contribution in [2.75, 3.05) is 26.7 Å². The van der Waals surface area contributed by atoms with Gasteiger partial charge in [0.2, 0.25) is 5.91 Å². The summed E-state index contributed by atoms with van der Waals surface area (Å²) in [4.78, 5) is 36.2. The average Bonchev–Trinajstić information content (AvgIpc) is 2.47. The molecule has 21 heavy (non-hydrogen) atoms. The third-order valence-corrected chi connectivity index (χ3v) is 3.39. The highest BCUT2D eigenvalue weighted by Gasteiger charge is 2.24. The van der Waals surface area contributed by atoms with Crippen molar-refractivity contribution in [3.05, 3.63) is 0 Å². The molecule has 8 heteroatoms. The first-order valence-corrected chi connectivity index (χ1v) is 7.04. The molecule has 0 spiro atoms. The molecule has 1 saturated heterocycles.